The van der Waals surface area contributed by atoms with Crippen LogP contribution in [0.3, 0.4) is 0 Å². The molecule has 0 saturated heterocycles. The van der Waals surface area contributed by atoms with Crippen molar-refractivity contribution in [2.45, 2.75) is 6.92 Å². The van der Waals surface area contributed by atoms with Crippen molar-refractivity contribution in [2.24, 2.45) is 0 Å². The van der Waals surface area contributed by atoms with Gasteiger partial charge in [-0.1, -0.05) is 39.1 Å². The van der Waals surface area contributed by atoms with E-state index in [1.54, 1.807) is 18.2 Å². The molecule has 2 amide bonds. The Hall–Kier alpha value is -1.23. The zero-order valence-corrected chi connectivity index (χ0v) is 13.6. The minimum absolute atomic E-state index is 0.356. The Labute approximate surface area is 135 Å². The molecule has 0 bridgehead atoms. The molecule has 20 heavy (non-hydrogen) atoms. The summed E-state index contributed by atoms with van der Waals surface area (Å²) in [4.78, 5) is 11.9. The van der Waals surface area contributed by atoms with Crippen LogP contribution < -0.4 is 10.6 Å². The van der Waals surface area contributed by atoms with E-state index in [0.717, 1.165) is 10.0 Å². The lowest BCUT2D eigenvalue weighted by Crippen LogP contribution is -2.19. The van der Waals surface area contributed by atoms with Crippen LogP contribution in [-0.2, 0) is 0 Å². The molecule has 0 heterocycles. The van der Waals surface area contributed by atoms with E-state index in [1.165, 1.54) is 0 Å². The summed E-state index contributed by atoms with van der Waals surface area (Å²) in [5, 5.41) is 6.35. The van der Waals surface area contributed by atoms with Gasteiger partial charge in [0, 0.05) is 25.9 Å². The van der Waals surface area contributed by atoms with Crippen molar-refractivity contribution in [1.29, 1.82) is 0 Å². The number of nitrogens with one attached hydrogen (secondary N) is 2. The lowest BCUT2D eigenvalue weighted by Gasteiger charge is -2.09. The largest absolute Gasteiger partial charge is 0.323 e. The number of amides is 2. The van der Waals surface area contributed by atoms with Crippen molar-refractivity contribution in [1.82, 2.24) is 0 Å². The summed E-state index contributed by atoms with van der Waals surface area (Å²) >= 11 is 15.1. The van der Waals surface area contributed by atoms with E-state index in [1.807, 2.05) is 25.1 Å². The van der Waals surface area contributed by atoms with Crippen LogP contribution in [0.15, 0.2) is 40.9 Å². The molecule has 0 saturated carbocycles. The molecule has 3 nitrogen and oxygen atoms in total. The second-order valence-corrected chi connectivity index (χ2v) is 5.93. The maximum Gasteiger partial charge on any atom is 0.323 e. The fraction of sp³-hybridized carbons (Fsp3) is 0.0714. The number of aryl methyl sites for hydroxylation is 1. The second kappa shape index (κ2) is 6.48. The first-order valence-corrected chi connectivity index (χ1v) is 7.29. The number of urea groups is 1. The van der Waals surface area contributed by atoms with Crippen LogP contribution in [-0.4, -0.2) is 6.03 Å². The molecule has 0 aliphatic rings. The number of halogens is 3. The fourth-order valence-corrected chi connectivity index (χ4v) is 2.41. The van der Waals surface area contributed by atoms with Crippen LogP contribution in [0.1, 0.15) is 5.56 Å². The van der Waals surface area contributed by atoms with E-state index in [4.69, 9.17) is 23.2 Å². The van der Waals surface area contributed by atoms with Crippen molar-refractivity contribution in [3.63, 3.8) is 0 Å². The predicted octanol–water partition coefficient (Wildman–Crippen LogP) is 5.71. The molecule has 0 aliphatic carbocycles. The van der Waals surface area contributed by atoms with Gasteiger partial charge < -0.3 is 10.6 Å². The SMILES string of the molecule is Cc1cc(NC(=O)Nc2cc(Cl)cc(Cl)c2)ccc1Br. The fourth-order valence-electron chi connectivity index (χ4n) is 1.64. The average Bonchev–Trinajstić information content (AvgIpc) is 2.32. The minimum Gasteiger partial charge on any atom is -0.308 e. The first kappa shape index (κ1) is 15.2. The van der Waals surface area contributed by atoms with Gasteiger partial charge in [-0.05, 0) is 48.9 Å². The summed E-state index contributed by atoms with van der Waals surface area (Å²) in [6, 6.07) is 10.0. The monoisotopic (exact) mass is 372 g/mol. The van der Waals surface area contributed by atoms with Crippen LogP contribution in [0.4, 0.5) is 16.2 Å². The molecule has 0 unspecified atom stereocenters. The molecule has 0 atom stereocenters. The molecule has 0 spiro atoms. The summed E-state index contributed by atoms with van der Waals surface area (Å²) in [6.45, 7) is 1.95. The van der Waals surface area contributed by atoms with Gasteiger partial charge in [0.25, 0.3) is 0 Å². The van der Waals surface area contributed by atoms with E-state index in [0.29, 0.717) is 21.4 Å². The third kappa shape index (κ3) is 4.13. The Morgan fingerprint density at radius 1 is 1.00 bits per heavy atom. The zero-order chi connectivity index (χ0) is 14.7. The zero-order valence-electron chi connectivity index (χ0n) is 10.5. The molecular weight excluding hydrogens is 363 g/mol. The molecule has 104 valence electrons. The van der Waals surface area contributed by atoms with E-state index in [2.05, 4.69) is 26.6 Å². The number of hydrogen-bond acceptors (Lipinski definition) is 1. The summed E-state index contributed by atoms with van der Waals surface area (Å²) in [6.07, 6.45) is 0. The quantitative estimate of drug-likeness (QED) is 0.695. The van der Waals surface area contributed by atoms with Crippen molar-refractivity contribution in [2.75, 3.05) is 10.6 Å². The highest BCUT2D eigenvalue weighted by Crippen LogP contribution is 2.23. The number of carbonyl (C=O) groups excluding carboxylic acids is 1. The Morgan fingerprint density at radius 2 is 1.60 bits per heavy atom. The molecule has 2 N–H and O–H groups in total. The number of carbonyl (C=O) groups is 1. The highest BCUT2D eigenvalue weighted by Gasteiger charge is 2.05. The topological polar surface area (TPSA) is 41.1 Å². The number of hydrogen-bond donors (Lipinski definition) is 2. The highest BCUT2D eigenvalue weighted by atomic mass is 79.9. The van der Waals surface area contributed by atoms with Crippen LogP contribution in [0, 0.1) is 6.92 Å². The summed E-state index contributed by atoms with van der Waals surface area (Å²) in [5.74, 6) is 0. The van der Waals surface area contributed by atoms with Gasteiger partial charge in [0.15, 0.2) is 0 Å². The summed E-state index contributed by atoms with van der Waals surface area (Å²) < 4.78 is 0.991. The molecule has 2 rings (SSSR count). The molecule has 2 aromatic carbocycles. The van der Waals surface area contributed by atoms with Gasteiger partial charge in [-0.25, -0.2) is 4.79 Å². The lowest BCUT2D eigenvalue weighted by molar-refractivity contribution is 0.262. The van der Waals surface area contributed by atoms with Crippen LogP contribution in [0.25, 0.3) is 0 Å². The highest BCUT2D eigenvalue weighted by molar-refractivity contribution is 9.10. The lowest BCUT2D eigenvalue weighted by atomic mass is 10.2. The Kier molecular flexibility index (Phi) is 4.91. The third-order valence-corrected chi connectivity index (χ3v) is 3.86. The van der Waals surface area contributed by atoms with Gasteiger partial charge in [-0.3, -0.25) is 0 Å². The second-order valence-electron chi connectivity index (χ2n) is 4.20. The molecule has 6 heteroatoms. The third-order valence-electron chi connectivity index (χ3n) is 2.54. The van der Waals surface area contributed by atoms with Gasteiger partial charge in [0.05, 0.1) is 0 Å². The van der Waals surface area contributed by atoms with Gasteiger partial charge in [0.1, 0.15) is 0 Å². The van der Waals surface area contributed by atoms with Crippen molar-refractivity contribution < 1.29 is 4.79 Å². The molecule has 0 fully saturated rings. The van der Waals surface area contributed by atoms with Gasteiger partial charge in [0.2, 0.25) is 0 Å². The van der Waals surface area contributed by atoms with Crippen LogP contribution in [0.2, 0.25) is 10.0 Å². The van der Waals surface area contributed by atoms with Gasteiger partial charge in [-0.2, -0.15) is 0 Å². The minimum atomic E-state index is -0.356. The number of rotatable bonds is 2. The van der Waals surface area contributed by atoms with Gasteiger partial charge in [-0.15, -0.1) is 0 Å². The number of benzene rings is 2. The standard InChI is InChI=1S/C14H11BrCl2N2O/c1-8-4-11(2-3-13(8)15)18-14(20)19-12-6-9(16)5-10(17)7-12/h2-7H,1H3,(H2,18,19,20). The summed E-state index contributed by atoms with van der Waals surface area (Å²) in [5.41, 5.74) is 2.28. The Bertz CT molecular complexity index is 641. The first-order chi connectivity index (χ1) is 9.44. The van der Waals surface area contributed by atoms with Crippen molar-refractivity contribution in [3.05, 3.63) is 56.5 Å². The maximum absolute atomic E-state index is 11.9. The predicted molar refractivity (Wildman–Crippen MR) is 88.0 cm³/mol. The Balaban J connectivity index is 2.06. The molecular formula is C14H11BrCl2N2O. The average molecular weight is 374 g/mol. The number of anilines is 2. The molecule has 0 radical (unpaired) electrons. The van der Waals surface area contributed by atoms with E-state index < -0.39 is 0 Å². The van der Waals surface area contributed by atoms with Crippen molar-refractivity contribution in [3.8, 4) is 0 Å². The normalized spacial score (nSPS) is 10.2. The Morgan fingerprint density at radius 3 is 2.20 bits per heavy atom. The molecule has 0 aromatic heterocycles. The van der Waals surface area contributed by atoms with Crippen LogP contribution in [0.5, 0.6) is 0 Å². The van der Waals surface area contributed by atoms with Crippen molar-refractivity contribution >= 4 is 56.5 Å². The van der Waals surface area contributed by atoms with E-state index in [9.17, 15) is 4.79 Å². The van der Waals surface area contributed by atoms with E-state index >= 15 is 0 Å². The maximum atomic E-state index is 11.9. The van der Waals surface area contributed by atoms with E-state index in [-0.39, 0.29) is 6.03 Å². The van der Waals surface area contributed by atoms with Crippen LogP contribution >= 0.6 is 39.1 Å². The first-order valence-electron chi connectivity index (χ1n) is 5.74. The smallest absolute Gasteiger partial charge is 0.308 e. The van der Waals surface area contributed by atoms with Gasteiger partial charge >= 0.3 is 6.03 Å². The molecule has 2 aromatic rings. The molecule has 0 aliphatic heterocycles. The summed E-state index contributed by atoms with van der Waals surface area (Å²) in [7, 11) is 0.